The first-order valence-electron chi connectivity index (χ1n) is 6.85. The molecule has 1 aromatic rings. The summed E-state index contributed by atoms with van der Waals surface area (Å²) < 4.78 is 0. The zero-order valence-electron chi connectivity index (χ0n) is 12.7. The van der Waals surface area contributed by atoms with Crippen molar-refractivity contribution in [3.63, 3.8) is 0 Å². The molecule has 2 amide bonds. The van der Waals surface area contributed by atoms with Gasteiger partial charge in [0.2, 0.25) is 0 Å². The number of carboxylic acid groups (broad SMARTS) is 1. The highest BCUT2D eigenvalue weighted by Crippen LogP contribution is 2.10. The fourth-order valence-corrected chi connectivity index (χ4v) is 1.81. The smallest absolute Gasteiger partial charge is 0.335 e. The second kappa shape index (κ2) is 8.09. The molecule has 114 valence electrons. The molecule has 5 heteroatoms. The molecule has 0 aliphatic carbocycles. The van der Waals surface area contributed by atoms with Gasteiger partial charge in [-0.2, -0.15) is 0 Å². The van der Waals surface area contributed by atoms with Crippen LogP contribution in [0, 0.1) is 0 Å². The van der Waals surface area contributed by atoms with Crippen LogP contribution in [0.25, 0.3) is 0 Å². The van der Waals surface area contributed by atoms with Crippen LogP contribution in [0.4, 0.5) is 4.79 Å². The largest absolute Gasteiger partial charge is 0.478 e. The Balaban J connectivity index is 2.53. The first-order valence-corrected chi connectivity index (χ1v) is 6.85. The van der Waals surface area contributed by atoms with E-state index in [4.69, 9.17) is 5.11 Å². The number of hydrogen-bond donors (Lipinski definition) is 2. The molecular formula is C16H22N2O3. The lowest BCUT2D eigenvalue weighted by Crippen LogP contribution is -2.38. The Labute approximate surface area is 125 Å². The van der Waals surface area contributed by atoms with Gasteiger partial charge in [-0.1, -0.05) is 29.8 Å². The van der Waals surface area contributed by atoms with E-state index < -0.39 is 5.97 Å². The van der Waals surface area contributed by atoms with E-state index >= 15 is 0 Å². The predicted octanol–water partition coefficient (Wildman–Crippen LogP) is 2.53. The van der Waals surface area contributed by atoms with E-state index in [0.29, 0.717) is 19.5 Å². The number of likely N-dealkylation sites (N-methyl/N-ethyl adjacent to an activating group) is 1. The molecule has 21 heavy (non-hydrogen) atoms. The second-order valence-corrected chi connectivity index (χ2v) is 5.10. The number of carboxylic acids is 1. The Morgan fingerprint density at radius 1 is 1.29 bits per heavy atom. The predicted molar refractivity (Wildman–Crippen MR) is 82.6 cm³/mol. The number of nitrogens with one attached hydrogen (secondary N) is 1. The van der Waals surface area contributed by atoms with Gasteiger partial charge < -0.3 is 15.3 Å². The maximum absolute atomic E-state index is 11.8. The van der Waals surface area contributed by atoms with Crippen LogP contribution in [-0.2, 0) is 6.42 Å². The van der Waals surface area contributed by atoms with Gasteiger partial charge in [-0.15, -0.1) is 0 Å². The van der Waals surface area contributed by atoms with Gasteiger partial charge in [-0.25, -0.2) is 9.59 Å². The highest BCUT2D eigenvalue weighted by atomic mass is 16.4. The summed E-state index contributed by atoms with van der Waals surface area (Å²) in [5, 5.41) is 11.9. The standard InChI is InChI=1S/C16H22N2O3/c1-12(2)8-10-17-16(21)18(3)11-9-13-6-4-5-7-14(13)15(19)20/h4-8H,9-11H2,1-3H3,(H,17,21)(H,19,20). The molecule has 0 bridgehead atoms. The number of nitrogens with zero attached hydrogens (tertiary/aromatic N) is 1. The highest BCUT2D eigenvalue weighted by Gasteiger charge is 2.11. The monoisotopic (exact) mass is 290 g/mol. The zero-order chi connectivity index (χ0) is 15.8. The maximum Gasteiger partial charge on any atom is 0.335 e. The molecule has 0 unspecified atom stereocenters. The fraction of sp³-hybridized carbons (Fsp3) is 0.375. The Kier molecular flexibility index (Phi) is 6.46. The number of amides is 2. The third-order valence-electron chi connectivity index (χ3n) is 3.07. The number of hydrogen-bond acceptors (Lipinski definition) is 2. The minimum absolute atomic E-state index is 0.166. The van der Waals surface area contributed by atoms with Gasteiger partial charge in [0.15, 0.2) is 0 Å². The molecule has 2 N–H and O–H groups in total. The average molecular weight is 290 g/mol. The molecule has 0 saturated carbocycles. The first kappa shape index (κ1) is 16.8. The van der Waals surface area contributed by atoms with E-state index in [2.05, 4.69) is 5.32 Å². The van der Waals surface area contributed by atoms with Gasteiger partial charge in [0.1, 0.15) is 0 Å². The van der Waals surface area contributed by atoms with E-state index in [1.807, 2.05) is 19.9 Å². The van der Waals surface area contributed by atoms with Gasteiger partial charge in [-0.3, -0.25) is 0 Å². The third kappa shape index (κ3) is 5.69. The average Bonchev–Trinajstić information content (AvgIpc) is 2.44. The zero-order valence-corrected chi connectivity index (χ0v) is 12.7. The molecule has 0 radical (unpaired) electrons. The number of urea groups is 1. The van der Waals surface area contributed by atoms with E-state index in [0.717, 1.165) is 11.1 Å². The molecule has 0 aliphatic rings. The Morgan fingerprint density at radius 3 is 2.57 bits per heavy atom. The highest BCUT2D eigenvalue weighted by molar-refractivity contribution is 5.89. The summed E-state index contributed by atoms with van der Waals surface area (Å²) in [7, 11) is 1.70. The van der Waals surface area contributed by atoms with E-state index in [1.54, 1.807) is 36.2 Å². The van der Waals surface area contributed by atoms with Crippen molar-refractivity contribution < 1.29 is 14.7 Å². The van der Waals surface area contributed by atoms with Crippen molar-refractivity contribution in [1.29, 1.82) is 0 Å². The summed E-state index contributed by atoms with van der Waals surface area (Å²) in [4.78, 5) is 24.5. The molecule has 0 saturated heterocycles. The molecule has 5 nitrogen and oxygen atoms in total. The summed E-state index contributed by atoms with van der Waals surface area (Å²) in [5.74, 6) is -0.943. The molecule has 0 heterocycles. The van der Waals surface area contributed by atoms with Crippen LogP contribution in [0.3, 0.4) is 0 Å². The molecule has 1 rings (SSSR count). The minimum Gasteiger partial charge on any atom is -0.478 e. The van der Waals surface area contributed by atoms with Crippen LogP contribution < -0.4 is 5.32 Å². The van der Waals surface area contributed by atoms with Crippen molar-refractivity contribution in [1.82, 2.24) is 10.2 Å². The maximum atomic E-state index is 11.8. The van der Waals surface area contributed by atoms with E-state index in [-0.39, 0.29) is 11.6 Å². The van der Waals surface area contributed by atoms with Gasteiger partial charge in [-0.05, 0) is 31.9 Å². The number of rotatable bonds is 6. The fourth-order valence-electron chi connectivity index (χ4n) is 1.81. The molecular weight excluding hydrogens is 268 g/mol. The van der Waals surface area contributed by atoms with Gasteiger partial charge in [0.05, 0.1) is 5.56 Å². The Morgan fingerprint density at radius 2 is 1.95 bits per heavy atom. The van der Waals surface area contributed by atoms with E-state index in [9.17, 15) is 9.59 Å². The van der Waals surface area contributed by atoms with Crippen molar-refractivity contribution in [3.05, 3.63) is 47.0 Å². The van der Waals surface area contributed by atoms with Crippen LogP contribution in [0.15, 0.2) is 35.9 Å². The van der Waals surface area contributed by atoms with Crippen molar-refractivity contribution in [3.8, 4) is 0 Å². The number of allylic oxidation sites excluding steroid dienone is 1. The van der Waals surface area contributed by atoms with Crippen LogP contribution in [0.2, 0.25) is 0 Å². The number of carbonyl (C=O) groups excluding carboxylic acids is 1. The number of carbonyl (C=O) groups is 2. The summed E-state index contributed by atoms with van der Waals surface area (Å²) in [6, 6.07) is 6.69. The molecule has 0 aliphatic heterocycles. The molecule has 0 spiro atoms. The summed E-state index contributed by atoms with van der Waals surface area (Å²) in [6.45, 7) is 4.90. The number of benzene rings is 1. The lowest BCUT2D eigenvalue weighted by molar-refractivity contribution is 0.0695. The first-order chi connectivity index (χ1) is 9.91. The van der Waals surface area contributed by atoms with Crippen LogP contribution in [-0.4, -0.2) is 42.1 Å². The second-order valence-electron chi connectivity index (χ2n) is 5.10. The van der Waals surface area contributed by atoms with Crippen LogP contribution >= 0.6 is 0 Å². The summed E-state index contributed by atoms with van der Waals surface area (Å²) in [5.41, 5.74) is 2.16. The van der Waals surface area contributed by atoms with E-state index in [1.165, 1.54) is 0 Å². The van der Waals surface area contributed by atoms with Gasteiger partial charge in [0, 0.05) is 20.1 Å². The molecule has 0 aromatic heterocycles. The minimum atomic E-state index is -0.943. The van der Waals surface area contributed by atoms with Crippen molar-refractivity contribution in [2.75, 3.05) is 20.1 Å². The van der Waals surface area contributed by atoms with Crippen molar-refractivity contribution in [2.24, 2.45) is 0 Å². The van der Waals surface area contributed by atoms with Crippen LogP contribution in [0.1, 0.15) is 29.8 Å². The normalized spacial score (nSPS) is 9.86. The Hall–Kier alpha value is -2.30. The third-order valence-corrected chi connectivity index (χ3v) is 3.07. The van der Waals surface area contributed by atoms with Crippen molar-refractivity contribution >= 4 is 12.0 Å². The van der Waals surface area contributed by atoms with Crippen molar-refractivity contribution in [2.45, 2.75) is 20.3 Å². The SMILES string of the molecule is CC(C)=CCNC(=O)N(C)CCc1ccccc1C(=O)O. The molecule has 0 fully saturated rings. The lowest BCUT2D eigenvalue weighted by atomic mass is 10.0. The van der Waals surface area contributed by atoms with Crippen LogP contribution in [0.5, 0.6) is 0 Å². The number of aromatic carboxylic acids is 1. The quantitative estimate of drug-likeness (QED) is 0.791. The van der Waals surface area contributed by atoms with Gasteiger partial charge >= 0.3 is 12.0 Å². The lowest BCUT2D eigenvalue weighted by Gasteiger charge is -2.18. The molecule has 1 aromatic carbocycles. The molecule has 0 atom stereocenters. The Bertz CT molecular complexity index is 534. The topological polar surface area (TPSA) is 69.6 Å². The summed E-state index contributed by atoms with van der Waals surface area (Å²) >= 11 is 0. The van der Waals surface area contributed by atoms with Gasteiger partial charge in [0.25, 0.3) is 0 Å². The summed E-state index contributed by atoms with van der Waals surface area (Å²) in [6.07, 6.45) is 2.44.